The maximum atomic E-state index is 13.3. The molecule has 0 aromatic carbocycles. The summed E-state index contributed by atoms with van der Waals surface area (Å²) in [6.45, 7) is 9.22. The standard InChI is InChI=1S/C22H29N5O/c1-15-17(10-24-19(25-15)16-7-6-8-23-9-16)20(28)27-11-18-21(2,3)12-22(18,14-27)13-26(4)5/h6-10,18H,11-14H2,1-5H3/t18-,22+/m1/s1. The van der Waals surface area contributed by atoms with Crippen LogP contribution in [-0.4, -0.2) is 64.4 Å². The van der Waals surface area contributed by atoms with Crippen LogP contribution < -0.4 is 0 Å². The lowest BCUT2D eigenvalue weighted by Gasteiger charge is -2.57. The lowest BCUT2D eigenvalue weighted by molar-refractivity contribution is -0.0789. The molecule has 0 N–H and O–H groups in total. The topological polar surface area (TPSA) is 62.2 Å². The minimum atomic E-state index is 0.0542. The number of hydrogen-bond donors (Lipinski definition) is 0. The molecule has 2 aromatic heterocycles. The van der Waals surface area contributed by atoms with Crippen LogP contribution in [-0.2, 0) is 0 Å². The maximum absolute atomic E-state index is 13.3. The van der Waals surface area contributed by atoms with Crippen LogP contribution in [0.4, 0.5) is 0 Å². The van der Waals surface area contributed by atoms with Crippen molar-refractivity contribution in [2.75, 3.05) is 33.7 Å². The van der Waals surface area contributed by atoms with Crippen molar-refractivity contribution in [3.63, 3.8) is 0 Å². The first kappa shape index (κ1) is 19.0. The van der Waals surface area contributed by atoms with E-state index in [1.165, 1.54) is 6.42 Å². The van der Waals surface area contributed by atoms with Crippen LogP contribution in [0.5, 0.6) is 0 Å². The normalized spacial score (nSPS) is 25.5. The van der Waals surface area contributed by atoms with E-state index >= 15 is 0 Å². The maximum Gasteiger partial charge on any atom is 0.257 e. The molecule has 0 spiro atoms. The molecule has 1 amide bonds. The average Bonchev–Trinajstić information content (AvgIpc) is 2.95. The number of aryl methyl sites for hydroxylation is 1. The van der Waals surface area contributed by atoms with Crippen LogP contribution in [0.1, 0.15) is 36.3 Å². The quantitative estimate of drug-likeness (QED) is 0.817. The monoisotopic (exact) mass is 379 g/mol. The highest BCUT2D eigenvalue weighted by atomic mass is 16.2. The van der Waals surface area contributed by atoms with Crippen LogP contribution in [0.25, 0.3) is 11.4 Å². The Bertz CT molecular complexity index is 891. The minimum Gasteiger partial charge on any atom is -0.338 e. The Morgan fingerprint density at radius 2 is 2.11 bits per heavy atom. The van der Waals surface area contributed by atoms with Crippen LogP contribution in [0.3, 0.4) is 0 Å². The van der Waals surface area contributed by atoms with Crippen LogP contribution in [0.15, 0.2) is 30.7 Å². The lowest BCUT2D eigenvalue weighted by atomic mass is 9.48. The van der Waals surface area contributed by atoms with Gasteiger partial charge in [-0.2, -0.15) is 0 Å². The highest BCUT2D eigenvalue weighted by Crippen LogP contribution is 2.62. The van der Waals surface area contributed by atoms with Crippen molar-refractivity contribution in [3.05, 3.63) is 42.0 Å². The van der Waals surface area contributed by atoms with Gasteiger partial charge >= 0.3 is 0 Å². The number of carbonyl (C=O) groups is 1. The van der Waals surface area contributed by atoms with Crippen molar-refractivity contribution in [3.8, 4) is 11.4 Å². The van der Waals surface area contributed by atoms with Gasteiger partial charge in [0, 0.05) is 49.2 Å². The van der Waals surface area contributed by atoms with E-state index in [9.17, 15) is 4.79 Å². The Kier molecular flexibility index (Phi) is 4.49. The highest BCUT2D eigenvalue weighted by molar-refractivity contribution is 5.95. The van der Waals surface area contributed by atoms with E-state index in [1.54, 1.807) is 18.6 Å². The Balaban J connectivity index is 1.57. The highest BCUT2D eigenvalue weighted by Gasteiger charge is 2.63. The van der Waals surface area contributed by atoms with Crippen LogP contribution >= 0.6 is 0 Å². The number of rotatable bonds is 4. The molecule has 0 bridgehead atoms. The van der Waals surface area contributed by atoms with Gasteiger partial charge in [-0.25, -0.2) is 9.97 Å². The molecule has 1 saturated carbocycles. The fraction of sp³-hybridized carbons (Fsp3) is 0.545. The number of carbonyl (C=O) groups excluding carboxylic acids is 1. The van der Waals surface area contributed by atoms with E-state index in [0.717, 1.165) is 30.9 Å². The molecule has 1 saturated heterocycles. The molecule has 2 atom stereocenters. The molecule has 0 radical (unpaired) electrons. The van der Waals surface area contributed by atoms with Gasteiger partial charge in [-0.1, -0.05) is 13.8 Å². The summed E-state index contributed by atoms with van der Waals surface area (Å²) in [5.74, 6) is 1.20. The second kappa shape index (κ2) is 6.62. The van der Waals surface area contributed by atoms with Crippen molar-refractivity contribution in [1.82, 2.24) is 24.8 Å². The van der Waals surface area contributed by atoms with Crippen molar-refractivity contribution >= 4 is 5.91 Å². The van der Waals surface area contributed by atoms with Gasteiger partial charge in [0.05, 0.1) is 11.3 Å². The van der Waals surface area contributed by atoms with Gasteiger partial charge in [0.2, 0.25) is 0 Å². The van der Waals surface area contributed by atoms with Gasteiger partial charge in [-0.05, 0) is 50.9 Å². The van der Waals surface area contributed by atoms with E-state index in [-0.39, 0.29) is 11.3 Å². The SMILES string of the molecule is Cc1nc(-c2cccnc2)ncc1C(=O)N1C[C@@H]2C(C)(C)C[C@]2(CN(C)C)C1. The number of amides is 1. The predicted octanol–water partition coefficient (Wildman–Crippen LogP) is 2.90. The molecule has 148 valence electrons. The van der Waals surface area contributed by atoms with Gasteiger partial charge in [-0.15, -0.1) is 0 Å². The van der Waals surface area contributed by atoms with Gasteiger partial charge in [0.1, 0.15) is 0 Å². The van der Waals surface area contributed by atoms with Crippen molar-refractivity contribution in [1.29, 1.82) is 0 Å². The molecule has 2 fully saturated rings. The summed E-state index contributed by atoms with van der Waals surface area (Å²) in [6.07, 6.45) is 6.31. The van der Waals surface area contributed by atoms with Crippen molar-refractivity contribution in [2.24, 2.45) is 16.7 Å². The smallest absolute Gasteiger partial charge is 0.257 e. The largest absolute Gasteiger partial charge is 0.338 e. The number of hydrogen-bond acceptors (Lipinski definition) is 5. The number of aromatic nitrogens is 3. The molecule has 28 heavy (non-hydrogen) atoms. The fourth-order valence-electron chi connectivity index (χ4n) is 5.61. The molecular weight excluding hydrogens is 350 g/mol. The van der Waals surface area contributed by atoms with Gasteiger partial charge in [0.25, 0.3) is 5.91 Å². The summed E-state index contributed by atoms with van der Waals surface area (Å²) in [4.78, 5) is 30.7. The summed E-state index contributed by atoms with van der Waals surface area (Å²) >= 11 is 0. The Morgan fingerprint density at radius 3 is 2.71 bits per heavy atom. The average molecular weight is 380 g/mol. The molecule has 3 heterocycles. The molecule has 1 aliphatic heterocycles. The first-order valence-electron chi connectivity index (χ1n) is 9.90. The van der Waals surface area contributed by atoms with Gasteiger partial charge in [-0.3, -0.25) is 9.78 Å². The van der Waals surface area contributed by atoms with E-state index in [0.29, 0.717) is 22.7 Å². The van der Waals surface area contributed by atoms with Gasteiger partial charge < -0.3 is 9.80 Å². The van der Waals surface area contributed by atoms with E-state index in [4.69, 9.17) is 0 Å². The zero-order chi connectivity index (χ0) is 20.1. The fourth-order valence-corrected chi connectivity index (χ4v) is 5.61. The van der Waals surface area contributed by atoms with Crippen molar-refractivity contribution in [2.45, 2.75) is 27.2 Å². The second-order valence-corrected chi connectivity index (χ2v) is 9.44. The van der Waals surface area contributed by atoms with E-state index in [2.05, 4.69) is 47.8 Å². The summed E-state index contributed by atoms with van der Waals surface area (Å²) in [5, 5.41) is 0. The third-order valence-electron chi connectivity index (χ3n) is 6.45. The Morgan fingerprint density at radius 1 is 1.32 bits per heavy atom. The first-order chi connectivity index (χ1) is 13.2. The Labute approximate surface area is 167 Å². The molecule has 1 aliphatic carbocycles. The molecular formula is C22H29N5O. The van der Waals surface area contributed by atoms with E-state index < -0.39 is 0 Å². The second-order valence-electron chi connectivity index (χ2n) is 9.44. The molecule has 2 aromatic rings. The first-order valence-corrected chi connectivity index (χ1v) is 9.90. The molecule has 4 rings (SSSR count). The molecule has 0 unspecified atom stereocenters. The molecule has 6 heteroatoms. The molecule has 2 aliphatic rings. The summed E-state index contributed by atoms with van der Waals surface area (Å²) in [6, 6.07) is 3.79. The zero-order valence-electron chi connectivity index (χ0n) is 17.4. The zero-order valence-corrected chi connectivity index (χ0v) is 17.4. The number of pyridine rings is 1. The third kappa shape index (κ3) is 3.09. The number of nitrogens with zero attached hydrogens (tertiary/aromatic N) is 5. The lowest BCUT2D eigenvalue weighted by Crippen LogP contribution is -2.57. The van der Waals surface area contributed by atoms with E-state index in [1.807, 2.05) is 24.0 Å². The Hall–Kier alpha value is -2.34. The predicted molar refractivity (Wildman–Crippen MR) is 109 cm³/mol. The van der Waals surface area contributed by atoms with Crippen LogP contribution in [0.2, 0.25) is 0 Å². The van der Waals surface area contributed by atoms with Crippen LogP contribution in [0, 0.1) is 23.7 Å². The third-order valence-corrected chi connectivity index (χ3v) is 6.45. The summed E-state index contributed by atoms with van der Waals surface area (Å²) in [7, 11) is 4.24. The summed E-state index contributed by atoms with van der Waals surface area (Å²) in [5.41, 5.74) is 2.69. The van der Waals surface area contributed by atoms with Crippen molar-refractivity contribution < 1.29 is 4.79 Å². The van der Waals surface area contributed by atoms with Gasteiger partial charge in [0.15, 0.2) is 5.82 Å². The summed E-state index contributed by atoms with van der Waals surface area (Å²) < 4.78 is 0. The molecule has 6 nitrogen and oxygen atoms in total. The number of likely N-dealkylation sites (tertiary alicyclic amines) is 1. The minimum absolute atomic E-state index is 0.0542. The number of fused-ring (bicyclic) bond motifs is 1.